The molecule has 15 heteroatoms. The Kier molecular flexibility index (Phi) is 10.9. The number of esters is 1. The molecule has 0 saturated carbocycles. The maximum Gasteiger partial charge on any atom is 0.410 e. The van der Waals surface area contributed by atoms with Gasteiger partial charge in [-0.3, -0.25) is 25.0 Å². The van der Waals surface area contributed by atoms with Crippen LogP contribution in [0.15, 0.2) is 48.5 Å². The number of hydrogen-bond acceptors (Lipinski definition) is 11. The number of nitro groups is 2. The Morgan fingerprint density at radius 2 is 1.51 bits per heavy atom. The van der Waals surface area contributed by atoms with E-state index in [9.17, 15) is 39.7 Å². The van der Waals surface area contributed by atoms with Gasteiger partial charge in [0.25, 0.3) is 11.4 Å². The summed E-state index contributed by atoms with van der Waals surface area (Å²) in [6.07, 6.45) is -2.32. The minimum atomic E-state index is -0.808. The molecular formula is C26H30N4O11. The molecule has 2 amide bonds. The van der Waals surface area contributed by atoms with E-state index in [4.69, 9.17) is 14.2 Å². The fraction of sp³-hybridized carbons (Fsp3) is 0.423. The molecule has 2 aromatic carbocycles. The molecule has 0 unspecified atom stereocenters. The van der Waals surface area contributed by atoms with Gasteiger partial charge in [0.2, 0.25) is 0 Å². The number of β-amino-alcohol motifs (C(OH)–C–C–N with tert-alkyl or cyclic N) is 1. The van der Waals surface area contributed by atoms with Crippen LogP contribution in [0.4, 0.5) is 21.0 Å². The number of amides is 2. The number of aliphatic hydroxyl groups excluding tert-OH is 1. The van der Waals surface area contributed by atoms with Gasteiger partial charge in [-0.05, 0) is 41.8 Å². The number of nitro benzene ring substituents is 2. The summed E-state index contributed by atoms with van der Waals surface area (Å²) in [4.78, 5) is 58.3. The van der Waals surface area contributed by atoms with Crippen molar-refractivity contribution in [3.05, 3.63) is 79.9 Å². The average Bonchev–Trinajstić information content (AvgIpc) is 3.30. The number of benzene rings is 2. The van der Waals surface area contributed by atoms with E-state index in [2.05, 4.69) is 5.32 Å². The van der Waals surface area contributed by atoms with E-state index in [-0.39, 0.29) is 56.9 Å². The molecule has 2 aromatic rings. The van der Waals surface area contributed by atoms with Gasteiger partial charge in [-0.15, -0.1) is 0 Å². The van der Waals surface area contributed by atoms with Crippen LogP contribution < -0.4 is 5.32 Å². The Hall–Kier alpha value is -4.79. The highest BCUT2D eigenvalue weighted by Gasteiger charge is 2.37. The fourth-order valence-electron chi connectivity index (χ4n) is 4.29. The normalized spacial score (nSPS) is 16.9. The van der Waals surface area contributed by atoms with Crippen molar-refractivity contribution >= 4 is 29.5 Å². The highest BCUT2D eigenvalue weighted by molar-refractivity contribution is 5.69. The number of nitrogens with zero attached hydrogens (tertiary/aromatic N) is 3. The number of alkyl carbamates (subject to hydrolysis) is 1. The molecule has 0 radical (unpaired) electrons. The number of aliphatic hydroxyl groups is 1. The van der Waals surface area contributed by atoms with Crippen LogP contribution in [0.2, 0.25) is 0 Å². The first kappa shape index (κ1) is 30.7. The Bertz CT molecular complexity index is 1240. The molecule has 1 heterocycles. The lowest BCUT2D eigenvalue weighted by Crippen LogP contribution is -2.39. The van der Waals surface area contributed by atoms with Crippen LogP contribution in [0.5, 0.6) is 0 Å². The van der Waals surface area contributed by atoms with E-state index < -0.39 is 46.3 Å². The number of non-ortho nitro benzene ring substituents is 2. The fourth-order valence-corrected chi connectivity index (χ4v) is 4.29. The SMILES string of the molecule is CC(=O)O[C@@H](CCNC(=O)OCc1ccc([N+](=O)[O-])cc1)C[C@@H]1C[C@@H](O)CN1C(=O)OCc1ccc([N+](=O)[O-])cc1. The first-order chi connectivity index (χ1) is 19.5. The van der Waals surface area contributed by atoms with Crippen molar-refractivity contribution in [3.8, 4) is 0 Å². The van der Waals surface area contributed by atoms with Gasteiger partial charge >= 0.3 is 18.2 Å². The number of carbonyl (C=O) groups is 3. The van der Waals surface area contributed by atoms with Crippen LogP contribution in [0, 0.1) is 20.2 Å². The van der Waals surface area contributed by atoms with Gasteiger partial charge in [0.15, 0.2) is 0 Å². The van der Waals surface area contributed by atoms with Crippen LogP contribution in [-0.2, 0) is 32.2 Å². The van der Waals surface area contributed by atoms with E-state index in [1.807, 2.05) is 0 Å². The third-order valence-electron chi connectivity index (χ3n) is 6.26. The second kappa shape index (κ2) is 14.6. The summed E-state index contributed by atoms with van der Waals surface area (Å²) in [7, 11) is 0. The maximum atomic E-state index is 12.8. The summed E-state index contributed by atoms with van der Waals surface area (Å²) in [5, 5.41) is 34.3. The molecule has 1 aliphatic rings. The maximum absolute atomic E-state index is 12.8. The summed E-state index contributed by atoms with van der Waals surface area (Å²) < 4.78 is 15.8. The number of likely N-dealkylation sites (tertiary alicyclic amines) is 1. The molecule has 0 aliphatic carbocycles. The van der Waals surface area contributed by atoms with Crippen molar-refractivity contribution in [1.82, 2.24) is 10.2 Å². The Balaban J connectivity index is 1.48. The van der Waals surface area contributed by atoms with Gasteiger partial charge in [0.1, 0.15) is 19.3 Å². The highest BCUT2D eigenvalue weighted by atomic mass is 16.6. The molecule has 2 N–H and O–H groups in total. The summed E-state index contributed by atoms with van der Waals surface area (Å²) in [5.74, 6) is -0.554. The molecule has 1 saturated heterocycles. The molecular weight excluding hydrogens is 544 g/mol. The molecule has 15 nitrogen and oxygen atoms in total. The molecule has 3 atom stereocenters. The predicted octanol–water partition coefficient (Wildman–Crippen LogP) is 3.21. The van der Waals surface area contributed by atoms with Gasteiger partial charge in [-0.1, -0.05) is 0 Å². The third-order valence-corrected chi connectivity index (χ3v) is 6.26. The summed E-state index contributed by atoms with van der Waals surface area (Å²) in [6, 6.07) is 10.6. The molecule has 0 spiro atoms. The van der Waals surface area contributed by atoms with Gasteiger partial charge in [0.05, 0.1) is 22.5 Å². The van der Waals surface area contributed by atoms with Crippen molar-refractivity contribution in [3.63, 3.8) is 0 Å². The lowest BCUT2D eigenvalue weighted by molar-refractivity contribution is -0.385. The lowest BCUT2D eigenvalue weighted by atomic mass is 10.0. The quantitative estimate of drug-likeness (QED) is 0.163. The molecule has 41 heavy (non-hydrogen) atoms. The van der Waals surface area contributed by atoms with Crippen LogP contribution in [-0.4, -0.2) is 69.3 Å². The van der Waals surface area contributed by atoms with Crippen molar-refractivity contribution < 1.29 is 43.5 Å². The Morgan fingerprint density at radius 3 is 2.02 bits per heavy atom. The van der Waals surface area contributed by atoms with Crippen LogP contribution in [0.3, 0.4) is 0 Å². The summed E-state index contributed by atoms with van der Waals surface area (Å²) >= 11 is 0. The number of rotatable bonds is 12. The summed E-state index contributed by atoms with van der Waals surface area (Å²) in [5.41, 5.74) is 0.931. The molecule has 0 aromatic heterocycles. The predicted molar refractivity (Wildman–Crippen MR) is 140 cm³/mol. The van der Waals surface area contributed by atoms with Crippen molar-refractivity contribution in [1.29, 1.82) is 0 Å². The first-order valence-electron chi connectivity index (χ1n) is 12.7. The molecule has 0 bridgehead atoms. The standard InChI is InChI=1S/C26H30N4O11/c1-17(31)41-24(10-11-27-25(33)39-15-18-2-6-20(7-3-18)29(35)36)13-22-12-23(32)14-28(22)26(34)40-16-19-4-8-21(9-5-19)30(37)38/h2-9,22-24,32H,10-16H2,1H3,(H,27,33)/t22-,23+,24-/m0/s1. The van der Waals surface area contributed by atoms with Crippen LogP contribution in [0.1, 0.15) is 37.3 Å². The smallest absolute Gasteiger partial charge is 0.410 e. The second-order valence-electron chi connectivity index (χ2n) is 9.36. The van der Waals surface area contributed by atoms with Crippen LogP contribution in [0.25, 0.3) is 0 Å². The summed E-state index contributed by atoms with van der Waals surface area (Å²) in [6.45, 7) is 1.10. The number of ether oxygens (including phenoxy) is 3. The topological polar surface area (TPSA) is 201 Å². The van der Waals surface area contributed by atoms with E-state index in [1.165, 1.54) is 60.4 Å². The van der Waals surface area contributed by atoms with Crippen LogP contribution >= 0.6 is 0 Å². The number of carbonyl (C=O) groups excluding carboxylic acids is 3. The van der Waals surface area contributed by atoms with Gasteiger partial charge in [-0.2, -0.15) is 0 Å². The van der Waals surface area contributed by atoms with Gasteiger partial charge in [-0.25, -0.2) is 9.59 Å². The number of hydrogen-bond donors (Lipinski definition) is 2. The first-order valence-corrected chi connectivity index (χ1v) is 12.7. The monoisotopic (exact) mass is 574 g/mol. The zero-order valence-electron chi connectivity index (χ0n) is 22.2. The minimum absolute atomic E-state index is 0.0176. The van der Waals surface area contributed by atoms with E-state index in [0.717, 1.165) is 0 Å². The van der Waals surface area contributed by atoms with Crippen molar-refractivity contribution in [2.75, 3.05) is 13.1 Å². The minimum Gasteiger partial charge on any atom is -0.462 e. The molecule has 1 aliphatic heterocycles. The molecule has 220 valence electrons. The Morgan fingerprint density at radius 1 is 0.976 bits per heavy atom. The lowest BCUT2D eigenvalue weighted by Gasteiger charge is -2.27. The zero-order chi connectivity index (χ0) is 29.9. The Labute approximate surface area is 234 Å². The highest BCUT2D eigenvalue weighted by Crippen LogP contribution is 2.25. The van der Waals surface area contributed by atoms with E-state index in [1.54, 1.807) is 0 Å². The average molecular weight is 575 g/mol. The zero-order valence-corrected chi connectivity index (χ0v) is 22.2. The molecule has 1 fully saturated rings. The largest absolute Gasteiger partial charge is 0.462 e. The van der Waals surface area contributed by atoms with E-state index in [0.29, 0.717) is 11.1 Å². The van der Waals surface area contributed by atoms with Crippen molar-refractivity contribution in [2.45, 2.75) is 57.6 Å². The number of nitrogens with one attached hydrogen (secondary N) is 1. The van der Waals surface area contributed by atoms with Gasteiger partial charge < -0.3 is 29.5 Å². The van der Waals surface area contributed by atoms with E-state index >= 15 is 0 Å². The second-order valence-corrected chi connectivity index (χ2v) is 9.36. The van der Waals surface area contributed by atoms with Crippen molar-refractivity contribution in [2.24, 2.45) is 0 Å². The third kappa shape index (κ3) is 9.72. The molecule has 3 rings (SSSR count). The van der Waals surface area contributed by atoms with Gasteiger partial charge in [0, 0.05) is 56.6 Å².